The van der Waals surface area contributed by atoms with E-state index >= 15 is 0 Å². The summed E-state index contributed by atoms with van der Waals surface area (Å²) in [6.45, 7) is 0. The second-order valence-corrected chi connectivity index (χ2v) is 4.38. The molecule has 0 radical (unpaired) electrons. The fourth-order valence-corrected chi connectivity index (χ4v) is 2.42. The van der Waals surface area contributed by atoms with Gasteiger partial charge >= 0.3 is 5.69 Å². The number of ether oxygens (including phenoxy) is 1. The molecule has 4 heteroatoms. The Bertz CT molecular complexity index is 830. The lowest BCUT2D eigenvalue weighted by Crippen LogP contribution is -2.15. The van der Waals surface area contributed by atoms with Gasteiger partial charge in [0, 0.05) is 11.8 Å². The number of imidazole rings is 1. The molecule has 0 bridgehead atoms. The second kappa shape index (κ2) is 3.62. The van der Waals surface area contributed by atoms with Crippen LogP contribution in [0.5, 0.6) is 11.5 Å². The Balaban J connectivity index is 2.17. The van der Waals surface area contributed by atoms with Gasteiger partial charge in [-0.1, -0.05) is 24.3 Å². The number of fused-ring (bicyclic) bond motifs is 5. The van der Waals surface area contributed by atoms with E-state index in [0.29, 0.717) is 5.75 Å². The topological polar surface area (TPSA) is 47.0 Å². The molecule has 0 saturated carbocycles. The van der Waals surface area contributed by atoms with E-state index < -0.39 is 0 Å². The molecule has 2 aromatic carbocycles. The molecule has 0 aliphatic carbocycles. The van der Waals surface area contributed by atoms with Gasteiger partial charge < -0.3 is 9.72 Å². The molecular weight excluding hydrogens is 240 g/mol. The van der Waals surface area contributed by atoms with E-state index in [4.69, 9.17) is 4.74 Å². The van der Waals surface area contributed by atoms with Crippen LogP contribution < -0.4 is 10.4 Å². The van der Waals surface area contributed by atoms with Crippen LogP contribution >= 0.6 is 0 Å². The molecule has 0 fully saturated rings. The Morgan fingerprint density at radius 3 is 2.58 bits per heavy atom. The number of aromatic nitrogens is 2. The smallest absolute Gasteiger partial charge is 0.330 e. The third-order valence-corrected chi connectivity index (χ3v) is 3.27. The van der Waals surface area contributed by atoms with Crippen LogP contribution in [0.3, 0.4) is 0 Å². The third kappa shape index (κ3) is 1.37. The van der Waals surface area contributed by atoms with Gasteiger partial charge in [-0.05, 0) is 24.3 Å². The maximum Gasteiger partial charge on any atom is 0.330 e. The highest BCUT2D eigenvalue weighted by Gasteiger charge is 2.21. The highest BCUT2D eigenvalue weighted by molar-refractivity contribution is 5.72. The van der Waals surface area contributed by atoms with Gasteiger partial charge in [0.1, 0.15) is 5.75 Å². The molecule has 0 spiro atoms. The van der Waals surface area contributed by atoms with Gasteiger partial charge in [-0.3, -0.25) is 4.57 Å². The van der Waals surface area contributed by atoms with Crippen molar-refractivity contribution in [3.05, 3.63) is 65.2 Å². The molecule has 4 nitrogen and oxygen atoms in total. The number of aromatic amines is 1. The summed E-state index contributed by atoms with van der Waals surface area (Å²) in [6.07, 6.45) is 1.71. The first-order valence-electron chi connectivity index (χ1n) is 6.02. The highest BCUT2D eigenvalue weighted by atomic mass is 16.5. The number of para-hydroxylation sites is 3. The van der Waals surface area contributed by atoms with Crippen LogP contribution in [0.15, 0.2) is 59.5 Å². The van der Waals surface area contributed by atoms with Crippen LogP contribution in [0.2, 0.25) is 0 Å². The largest absolute Gasteiger partial charge is 0.454 e. The molecule has 0 atom stereocenters. The van der Waals surface area contributed by atoms with Crippen molar-refractivity contribution in [2.24, 2.45) is 0 Å². The van der Waals surface area contributed by atoms with Crippen molar-refractivity contribution >= 4 is 0 Å². The SMILES string of the molecule is O=c1[nH]cc2n1-c1ccccc1Oc1ccccc1-2. The van der Waals surface area contributed by atoms with Gasteiger partial charge in [0.15, 0.2) is 5.75 Å². The first-order valence-corrected chi connectivity index (χ1v) is 6.02. The fraction of sp³-hybridized carbons (Fsp3) is 0. The van der Waals surface area contributed by atoms with Crippen molar-refractivity contribution in [1.29, 1.82) is 0 Å². The number of H-pyrrole nitrogens is 1. The zero-order chi connectivity index (χ0) is 12.8. The summed E-state index contributed by atoms with van der Waals surface area (Å²) in [6, 6.07) is 15.2. The molecule has 4 rings (SSSR count). The molecular formula is C15H10N2O2. The summed E-state index contributed by atoms with van der Waals surface area (Å²) in [5, 5.41) is 0. The van der Waals surface area contributed by atoms with Crippen LogP contribution in [0.4, 0.5) is 0 Å². The van der Waals surface area contributed by atoms with Crippen LogP contribution in [-0.2, 0) is 0 Å². The number of nitrogens with zero attached hydrogens (tertiary/aromatic N) is 1. The predicted molar refractivity (Wildman–Crippen MR) is 71.9 cm³/mol. The van der Waals surface area contributed by atoms with E-state index in [9.17, 15) is 4.79 Å². The van der Waals surface area contributed by atoms with Gasteiger partial charge in [0.05, 0.1) is 11.4 Å². The summed E-state index contributed by atoms with van der Waals surface area (Å²) < 4.78 is 7.56. The zero-order valence-electron chi connectivity index (χ0n) is 9.96. The lowest BCUT2D eigenvalue weighted by atomic mass is 10.1. The average Bonchev–Trinajstić information content (AvgIpc) is 2.75. The number of rotatable bonds is 0. The molecule has 1 aliphatic rings. The number of hydrogen-bond donors (Lipinski definition) is 1. The normalized spacial score (nSPS) is 11.8. The first-order chi connectivity index (χ1) is 9.34. The van der Waals surface area contributed by atoms with Crippen molar-refractivity contribution in [2.75, 3.05) is 0 Å². The van der Waals surface area contributed by atoms with Gasteiger partial charge in [-0.2, -0.15) is 0 Å². The maximum absolute atomic E-state index is 12.0. The van der Waals surface area contributed by atoms with E-state index in [1.54, 1.807) is 10.8 Å². The average molecular weight is 250 g/mol. The highest BCUT2D eigenvalue weighted by Crippen LogP contribution is 2.39. The number of nitrogens with one attached hydrogen (secondary N) is 1. The molecule has 19 heavy (non-hydrogen) atoms. The molecule has 1 aliphatic heterocycles. The summed E-state index contributed by atoms with van der Waals surface area (Å²) in [5.41, 5.74) is 2.30. The summed E-state index contributed by atoms with van der Waals surface area (Å²) in [7, 11) is 0. The minimum atomic E-state index is -0.164. The van der Waals surface area contributed by atoms with Gasteiger partial charge in [0.25, 0.3) is 0 Å². The number of hydrogen-bond acceptors (Lipinski definition) is 2. The monoisotopic (exact) mass is 250 g/mol. The van der Waals surface area contributed by atoms with Crippen LogP contribution in [0.1, 0.15) is 0 Å². The lowest BCUT2D eigenvalue weighted by Gasteiger charge is -2.07. The molecule has 0 amide bonds. The molecule has 0 unspecified atom stereocenters. The van der Waals surface area contributed by atoms with Crippen molar-refractivity contribution in [1.82, 2.24) is 9.55 Å². The fourth-order valence-electron chi connectivity index (χ4n) is 2.42. The minimum Gasteiger partial charge on any atom is -0.454 e. The summed E-state index contributed by atoms with van der Waals surface area (Å²) >= 11 is 0. The Morgan fingerprint density at radius 1 is 0.947 bits per heavy atom. The van der Waals surface area contributed by atoms with Crippen molar-refractivity contribution < 1.29 is 4.74 Å². The predicted octanol–water partition coefficient (Wildman–Crippen LogP) is 2.94. The van der Waals surface area contributed by atoms with Crippen LogP contribution in [-0.4, -0.2) is 9.55 Å². The minimum absolute atomic E-state index is 0.164. The first kappa shape index (κ1) is 10.2. The Labute approximate surface area is 108 Å². The second-order valence-electron chi connectivity index (χ2n) is 4.38. The number of benzene rings is 2. The molecule has 1 aromatic heterocycles. The van der Waals surface area contributed by atoms with E-state index in [0.717, 1.165) is 22.7 Å². The van der Waals surface area contributed by atoms with Gasteiger partial charge in [-0.25, -0.2) is 4.79 Å². The van der Waals surface area contributed by atoms with E-state index in [-0.39, 0.29) is 5.69 Å². The quantitative estimate of drug-likeness (QED) is 0.521. The van der Waals surface area contributed by atoms with Crippen LogP contribution in [0.25, 0.3) is 16.9 Å². The van der Waals surface area contributed by atoms with E-state index in [1.165, 1.54) is 0 Å². The molecule has 3 aromatic rings. The molecule has 2 heterocycles. The maximum atomic E-state index is 12.0. The van der Waals surface area contributed by atoms with Gasteiger partial charge in [0.2, 0.25) is 0 Å². The summed E-state index contributed by atoms with van der Waals surface area (Å²) in [4.78, 5) is 14.8. The Hall–Kier alpha value is -2.75. The summed E-state index contributed by atoms with van der Waals surface area (Å²) in [5.74, 6) is 1.43. The standard InChI is InChI=1S/C15H10N2O2/c18-15-16-9-12-10-5-1-3-7-13(10)19-14-8-4-2-6-11(14)17(12)15/h1-9H,(H,16,18). The van der Waals surface area contributed by atoms with Crippen LogP contribution in [0, 0.1) is 0 Å². The molecule has 92 valence electrons. The van der Waals surface area contributed by atoms with Crippen molar-refractivity contribution in [2.45, 2.75) is 0 Å². The third-order valence-electron chi connectivity index (χ3n) is 3.27. The zero-order valence-corrected chi connectivity index (χ0v) is 9.96. The van der Waals surface area contributed by atoms with Gasteiger partial charge in [-0.15, -0.1) is 0 Å². The molecule has 1 N–H and O–H groups in total. The van der Waals surface area contributed by atoms with Crippen molar-refractivity contribution in [3.8, 4) is 28.4 Å². The van der Waals surface area contributed by atoms with E-state index in [2.05, 4.69) is 4.98 Å². The molecule has 0 saturated heterocycles. The lowest BCUT2D eigenvalue weighted by molar-refractivity contribution is 0.485. The Morgan fingerprint density at radius 2 is 1.68 bits per heavy atom. The van der Waals surface area contributed by atoms with E-state index in [1.807, 2.05) is 48.5 Å². The van der Waals surface area contributed by atoms with Crippen molar-refractivity contribution in [3.63, 3.8) is 0 Å². The Kier molecular flexibility index (Phi) is 1.94.